The highest BCUT2D eigenvalue weighted by Crippen LogP contribution is 2.53. The summed E-state index contributed by atoms with van der Waals surface area (Å²) in [5.74, 6) is 0.656. The molecule has 0 bridgehead atoms. The van der Waals surface area contributed by atoms with Crippen LogP contribution < -0.4 is 0 Å². The van der Waals surface area contributed by atoms with Gasteiger partial charge in [-0.05, 0) is 50.7 Å². The van der Waals surface area contributed by atoms with Crippen LogP contribution in [0.5, 0.6) is 0 Å². The molecule has 0 atom stereocenters. The molecule has 0 unspecified atom stereocenters. The van der Waals surface area contributed by atoms with Gasteiger partial charge in [-0.25, -0.2) is 9.97 Å². The maximum atomic E-state index is 5.37. The molecule has 0 spiro atoms. The summed E-state index contributed by atoms with van der Waals surface area (Å²) in [6.07, 6.45) is 0. The van der Waals surface area contributed by atoms with Crippen molar-refractivity contribution in [2.75, 3.05) is 0 Å². The molecule has 0 N–H and O–H groups in total. The first kappa shape index (κ1) is 28.7. The van der Waals surface area contributed by atoms with Crippen molar-refractivity contribution in [1.29, 1.82) is 0 Å². The van der Waals surface area contributed by atoms with Gasteiger partial charge in [0.05, 0.1) is 22.4 Å². The van der Waals surface area contributed by atoms with Crippen molar-refractivity contribution in [3.63, 3.8) is 0 Å². The number of hydrogen-bond acceptors (Lipinski definition) is 2. The van der Waals surface area contributed by atoms with Gasteiger partial charge >= 0.3 is 0 Å². The Morgan fingerprint density at radius 1 is 0.480 bits per heavy atom. The third-order valence-corrected chi connectivity index (χ3v) is 10.6. The van der Waals surface area contributed by atoms with Gasteiger partial charge in [-0.3, -0.25) is 4.57 Å². The van der Waals surface area contributed by atoms with Gasteiger partial charge in [0.25, 0.3) is 0 Å². The highest BCUT2D eigenvalue weighted by molar-refractivity contribution is 6.23. The minimum Gasteiger partial charge on any atom is -0.277 e. The molecule has 1 aliphatic carbocycles. The molecular formula is C47H33N3. The van der Waals surface area contributed by atoms with Crippen LogP contribution in [-0.4, -0.2) is 14.5 Å². The largest absolute Gasteiger partial charge is 0.277 e. The van der Waals surface area contributed by atoms with E-state index in [0.717, 1.165) is 33.5 Å². The predicted molar refractivity (Wildman–Crippen MR) is 208 cm³/mol. The molecule has 7 aromatic carbocycles. The standard InChI is InChI=1S/C47H33N3/c1-47(2)39-26-12-11-21-34(39)35-22-13-23-36(44(35)47)37-24-14-25-38-43-33-20-10-9-15-30(33)27-28-42(43)50(45(37)38)46-48-40(31-16-5-3-6-17-31)29-41(49-46)32-18-7-4-8-19-32/h3-29H,1-2H3. The third kappa shape index (κ3) is 4.17. The Bertz CT molecular complexity index is 2720. The molecule has 2 heterocycles. The monoisotopic (exact) mass is 639 g/mol. The average Bonchev–Trinajstić information content (AvgIpc) is 3.65. The van der Waals surface area contributed by atoms with Crippen LogP contribution >= 0.6 is 0 Å². The summed E-state index contributed by atoms with van der Waals surface area (Å²) in [4.78, 5) is 10.7. The van der Waals surface area contributed by atoms with Crippen molar-refractivity contribution in [2.24, 2.45) is 0 Å². The predicted octanol–water partition coefficient (Wildman–Crippen LogP) is 12.0. The third-order valence-electron chi connectivity index (χ3n) is 10.6. The second-order valence-electron chi connectivity index (χ2n) is 13.8. The van der Waals surface area contributed by atoms with Crippen LogP contribution in [0.15, 0.2) is 164 Å². The van der Waals surface area contributed by atoms with E-state index in [1.54, 1.807) is 0 Å². The summed E-state index contributed by atoms with van der Waals surface area (Å²) in [6.45, 7) is 4.73. The lowest BCUT2D eigenvalue weighted by atomic mass is 9.78. The van der Waals surface area contributed by atoms with E-state index in [1.807, 2.05) is 12.1 Å². The van der Waals surface area contributed by atoms with E-state index in [2.05, 4.69) is 170 Å². The van der Waals surface area contributed by atoms with Crippen molar-refractivity contribution < 1.29 is 0 Å². The van der Waals surface area contributed by atoms with Gasteiger partial charge in [-0.2, -0.15) is 0 Å². The molecule has 2 aromatic heterocycles. The maximum absolute atomic E-state index is 5.37. The Morgan fingerprint density at radius 2 is 1.04 bits per heavy atom. The molecule has 3 nitrogen and oxygen atoms in total. The van der Waals surface area contributed by atoms with E-state index in [0.29, 0.717) is 5.95 Å². The Balaban J connectivity index is 1.35. The van der Waals surface area contributed by atoms with Crippen molar-refractivity contribution in [2.45, 2.75) is 19.3 Å². The molecule has 3 heteroatoms. The van der Waals surface area contributed by atoms with Gasteiger partial charge in [0.1, 0.15) is 0 Å². The molecule has 0 saturated carbocycles. The number of rotatable bonds is 4. The molecule has 0 saturated heterocycles. The topological polar surface area (TPSA) is 30.7 Å². The molecule has 0 radical (unpaired) electrons. The van der Waals surface area contributed by atoms with Gasteiger partial charge in [0.2, 0.25) is 5.95 Å². The minimum atomic E-state index is -0.168. The van der Waals surface area contributed by atoms with Crippen LogP contribution in [-0.2, 0) is 5.41 Å². The van der Waals surface area contributed by atoms with E-state index in [9.17, 15) is 0 Å². The number of para-hydroxylation sites is 1. The molecule has 10 rings (SSSR count). The average molecular weight is 640 g/mol. The lowest BCUT2D eigenvalue weighted by Gasteiger charge is -2.25. The van der Waals surface area contributed by atoms with E-state index in [4.69, 9.17) is 9.97 Å². The van der Waals surface area contributed by atoms with Crippen molar-refractivity contribution in [1.82, 2.24) is 14.5 Å². The van der Waals surface area contributed by atoms with E-state index in [-0.39, 0.29) is 5.41 Å². The summed E-state index contributed by atoms with van der Waals surface area (Å²) in [7, 11) is 0. The fraction of sp³-hybridized carbons (Fsp3) is 0.0638. The van der Waals surface area contributed by atoms with Crippen LogP contribution in [0.1, 0.15) is 25.0 Å². The number of hydrogen-bond donors (Lipinski definition) is 0. The molecule has 1 aliphatic rings. The summed E-state index contributed by atoms with van der Waals surface area (Å²) in [6, 6.07) is 58.6. The van der Waals surface area contributed by atoms with E-state index < -0.39 is 0 Å². The second-order valence-corrected chi connectivity index (χ2v) is 13.8. The minimum absolute atomic E-state index is 0.168. The lowest BCUT2D eigenvalue weighted by molar-refractivity contribution is 0.662. The van der Waals surface area contributed by atoms with Gasteiger partial charge < -0.3 is 0 Å². The zero-order valence-electron chi connectivity index (χ0n) is 27.9. The first-order valence-corrected chi connectivity index (χ1v) is 17.3. The Morgan fingerprint density at radius 3 is 1.78 bits per heavy atom. The first-order chi connectivity index (χ1) is 24.6. The SMILES string of the molecule is CC1(C)c2ccccc2-c2cccc(-c3cccc4c5c6ccccc6ccc5n(-c5nc(-c6ccccc6)cc(-c6ccccc6)n5)c34)c21. The highest BCUT2D eigenvalue weighted by Gasteiger charge is 2.37. The fourth-order valence-corrected chi connectivity index (χ4v) is 8.38. The summed E-state index contributed by atoms with van der Waals surface area (Å²) in [5.41, 5.74) is 13.7. The zero-order chi connectivity index (χ0) is 33.4. The smallest absolute Gasteiger partial charge is 0.235 e. The molecule has 0 fully saturated rings. The lowest BCUT2D eigenvalue weighted by Crippen LogP contribution is -2.16. The Labute approximate surface area is 291 Å². The summed E-state index contributed by atoms with van der Waals surface area (Å²) >= 11 is 0. The normalized spacial score (nSPS) is 13.2. The summed E-state index contributed by atoms with van der Waals surface area (Å²) < 4.78 is 2.32. The molecular weight excluding hydrogens is 607 g/mol. The van der Waals surface area contributed by atoms with Crippen molar-refractivity contribution in [3.05, 3.63) is 175 Å². The molecule has 9 aromatic rings. The van der Waals surface area contributed by atoms with Crippen LogP contribution in [0.3, 0.4) is 0 Å². The van der Waals surface area contributed by atoms with Crippen LogP contribution in [0, 0.1) is 0 Å². The quantitative estimate of drug-likeness (QED) is 0.192. The van der Waals surface area contributed by atoms with Gasteiger partial charge in [-0.15, -0.1) is 0 Å². The number of aromatic nitrogens is 3. The Hall–Kier alpha value is -6.32. The van der Waals surface area contributed by atoms with Crippen LogP contribution in [0.25, 0.3) is 83.3 Å². The van der Waals surface area contributed by atoms with E-state index in [1.165, 1.54) is 54.9 Å². The van der Waals surface area contributed by atoms with Crippen molar-refractivity contribution >= 4 is 32.6 Å². The first-order valence-electron chi connectivity index (χ1n) is 17.3. The van der Waals surface area contributed by atoms with Gasteiger partial charge in [0.15, 0.2) is 0 Å². The Kier molecular flexibility index (Phi) is 6.22. The molecule has 0 amide bonds. The molecule has 236 valence electrons. The number of fused-ring (bicyclic) bond motifs is 8. The van der Waals surface area contributed by atoms with Crippen LogP contribution in [0.4, 0.5) is 0 Å². The number of nitrogens with zero attached hydrogens (tertiary/aromatic N) is 3. The maximum Gasteiger partial charge on any atom is 0.235 e. The van der Waals surface area contributed by atoms with Crippen LogP contribution in [0.2, 0.25) is 0 Å². The second kappa shape index (κ2) is 10.8. The fourth-order valence-electron chi connectivity index (χ4n) is 8.38. The molecule has 50 heavy (non-hydrogen) atoms. The van der Waals surface area contributed by atoms with Crippen molar-refractivity contribution in [3.8, 4) is 50.7 Å². The van der Waals surface area contributed by atoms with Gasteiger partial charge in [0, 0.05) is 32.9 Å². The van der Waals surface area contributed by atoms with E-state index >= 15 is 0 Å². The highest BCUT2D eigenvalue weighted by atomic mass is 15.2. The number of benzene rings is 7. The summed E-state index contributed by atoms with van der Waals surface area (Å²) in [5, 5.41) is 4.84. The van der Waals surface area contributed by atoms with Gasteiger partial charge in [-0.1, -0.05) is 166 Å². The zero-order valence-corrected chi connectivity index (χ0v) is 27.9. The molecule has 0 aliphatic heterocycles.